The third-order valence-electron chi connectivity index (χ3n) is 6.42. The number of anilines is 3. The van der Waals surface area contributed by atoms with Gasteiger partial charge in [0.1, 0.15) is 5.75 Å². The maximum absolute atomic E-state index is 13.3. The third-order valence-corrected chi connectivity index (χ3v) is 6.42. The van der Waals surface area contributed by atoms with Crippen molar-refractivity contribution in [3.05, 3.63) is 83.9 Å². The Kier molecular flexibility index (Phi) is 8.86. The monoisotopic (exact) mass is 501 g/mol. The molecular weight excluding hydrogens is 466 g/mol. The van der Waals surface area contributed by atoms with Crippen LogP contribution < -0.4 is 30.5 Å². The summed E-state index contributed by atoms with van der Waals surface area (Å²) >= 11 is 0. The number of benzene rings is 3. The minimum atomic E-state index is -0.295. The zero-order chi connectivity index (χ0) is 26.0. The van der Waals surface area contributed by atoms with Crippen molar-refractivity contribution in [2.75, 3.05) is 61.5 Å². The molecule has 1 saturated heterocycles. The number of hydrogen-bond donors (Lipinski definition) is 3. The van der Waals surface area contributed by atoms with Gasteiger partial charge in [-0.3, -0.25) is 4.79 Å². The summed E-state index contributed by atoms with van der Waals surface area (Å²) in [4.78, 5) is 30.0. The van der Waals surface area contributed by atoms with E-state index in [4.69, 9.17) is 4.74 Å². The van der Waals surface area contributed by atoms with Crippen LogP contribution in [0.15, 0.2) is 72.8 Å². The highest BCUT2D eigenvalue weighted by Crippen LogP contribution is 2.31. The second-order valence-corrected chi connectivity index (χ2v) is 8.85. The van der Waals surface area contributed by atoms with Gasteiger partial charge in [-0.2, -0.15) is 0 Å². The summed E-state index contributed by atoms with van der Waals surface area (Å²) in [5.41, 5.74) is 4.23. The van der Waals surface area contributed by atoms with Crippen LogP contribution in [0.1, 0.15) is 22.8 Å². The first-order valence-corrected chi connectivity index (χ1v) is 12.7. The molecule has 0 spiro atoms. The van der Waals surface area contributed by atoms with Crippen LogP contribution in [-0.2, 0) is 6.42 Å². The number of para-hydroxylation sites is 2. The number of amides is 3. The Bertz CT molecular complexity index is 1190. The average Bonchev–Trinajstić information content (AvgIpc) is 2.94. The largest absolute Gasteiger partial charge is 0.495 e. The lowest BCUT2D eigenvalue weighted by molar-refractivity contribution is 0.0954. The van der Waals surface area contributed by atoms with Crippen molar-refractivity contribution >= 4 is 29.0 Å². The van der Waals surface area contributed by atoms with Gasteiger partial charge in [0.15, 0.2) is 0 Å². The van der Waals surface area contributed by atoms with Gasteiger partial charge in [0.05, 0.1) is 18.4 Å². The molecule has 1 aliphatic heterocycles. The molecule has 8 nitrogen and oxygen atoms in total. The van der Waals surface area contributed by atoms with Crippen molar-refractivity contribution in [2.24, 2.45) is 0 Å². The summed E-state index contributed by atoms with van der Waals surface area (Å²) in [5, 5.41) is 8.61. The fourth-order valence-electron chi connectivity index (χ4n) is 4.55. The Morgan fingerprint density at radius 2 is 1.51 bits per heavy atom. The first-order chi connectivity index (χ1) is 18.1. The van der Waals surface area contributed by atoms with E-state index >= 15 is 0 Å². The number of ether oxygens (including phenoxy) is 1. The minimum Gasteiger partial charge on any atom is -0.495 e. The second kappa shape index (κ2) is 12.7. The number of rotatable bonds is 9. The maximum Gasteiger partial charge on any atom is 0.319 e. The molecule has 0 unspecified atom stereocenters. The highest BCUT2D eigenvalue weighted by molar-refractivity contribution is 6.02. The van der Waals surface area contributed by atoms with Crippen molar-refractivity contribution in [1.29, 1.82) is 0 Å². The quantitative estimate of drug-likeness (QED) is 0.410. The maximum atomic E-state index is 13.3. The molecule has 8 heteroatoms. The Hall–Kier alpha value is -4.20. The molecule has 3 N–H and O–H groups in total. The molecule has 1 heterocycles. The summed E-state index contributed by atoms with van der Waals surface area (Å²) < 4.78 is 5.54. The smallest absolute Gasteiger partial charge is 0.319 e. The van der Waals surface area contributed by atoms with Gasteiger partial charge in [-0.25, -0.2) is 4.79 Å². The molecule has 0 radical (unpaired) electrons. The van der Waals surface area contributed by atoms with E-state index in [1.807, 2.05) is 55.5 Å². The molecule has 3 amide bonds. The van der Waals surface area contributed by atoms with Crippen molar-refractivity contribution in [2.45, 2.75) is 13.3 Å². The molecule has 0 aliphatic carbocycles. The van der Waals surface area contributed by atoms with Gasteiger partial charge >= 0.3 is 6.03 Å². The van der Waals surface area contributed by atoms with Gasteiger partial charge in [0.25, 0.3) is 5.91 Å². The Morgan fingerprint density at radius 1 is 0.838 bits per heavy atom. The van der Waals surface area contributed by atoms with Crippen LogP contribution in [0, 0.1) is 0 Å². The Labute approximate surface area is 218 Å². The predicted octanol–water partition coefficient (Wildman–Crippen LogP) is 4.14. The molecule has 1 fully saturated rings. The normalized spacial score (nSPS) is 13.1. The molecular formula is C29H35N5O3. The van der Waals surface area contributed by atoms with Gasteiger partial charge in [-0.05, 0) is 49.2 Å². The van der Waals surface area contributed by atoms with Crippen LogP contribution >= 0.6 is 0 Å². The molecule has 1 aliphatic rings. The highest BCUT2D eigenvalue weighted by atomic mass is 16.5. The molecule has 0 atom stereocenters. The molecule has 3 aromatic rings. The topological polar surface area (TPSA) is 85.9 Å². The lowest BCUT2D eigenvalue weighted by Crippen LogP contribution is -2.47. The van der Waals surface area contributed by atoms with Crippen molar-refractivity contribution < 1.29 is 14.3 Å². The van der Waals surface area contributed by atoms with E-state index in [-0.39, 0.29) is 11.9 Å². The van der Waals surface area contributed by atoms with E-state index in [1.165, 1.54) is 5.56 Å². The molecule has 37 heavy (non-hydrogen) atoms. The van der Waals surface area contributed by atoms with E-state index in [9.17, 15) is 9.59 Å². The summed E-state index contributed by atoms with van der Waals surface area (Å²) in [6, 6.07) is 23.3. The number of nitrogens with zero attached hydrogens (tertiary/aromatic N) is 2. The second-order valence-electron chi connectivity index (χ2n) is 8.85. The molecule has 0 saturated carbocycles. The van der Waals surface area contributed by atoms with Crippen LogP contribution in [0.4, 0.5) is 21.9 Å². The first kappa shape index (κ1) is 25.9. The summed E-state index contributed by atoms with van der Waals surface area (Å²) in [5.74, 6) is 0.702. The average molecular weight is 502 g/mol. The lowest BCUT2D eigenvalue weighted by atomic mass is 10.1. The Morgan fingerprint density at radius 3 is 2.22 bits per heavy atom. The number of nitrogens with one attached hydrogen (secondary N) is 3. The molecule has 3 aromatic carbocycles. The Balaban J connectivity index is 1.49. The molecule has 0 aromatic heterocycles. The van der Waals surface area contributed by atoms with Gasteiger partial charge in [-0.1, -0.05) is 42.5 Å². The number of methoxy groups -OCH3 is 1. The van der Waals surface area contributed by atoms with Gasteiger partial charge in [-0.15, -0.1) is 0 Å². The summed E-state index contributed by atoms with van der Waals surface area (Å²) in [6.07, 6.45) is 0.746. The molecule has 4 rings (SSSR count). The fraction of sp³-hybridized carbons (Fsp3) is 0.310. The van der Waals surface area contributed by atoms with Gasteiger partial charge in [0, 0.05) is 50.6 Å². The van der Waals surface area contributed by atoms with Crippen LogP contribution in [0.2, 0.25) is 0 Å². The standard InChI is InChI=1S/C29H35N5O3/c1-3-30-29(36)32-23-13-14-25(24(21-23)28(35)31-16-15-22-9-5-4-6-10-22)33-17-19-34(20-18-33)26-11-7-8-12-27(26)37-2/h4-14,21H,3,15-20H2,1-2H3,(H,31,35)(H2,30,32,36). The third kappa shape index (κ3) is 6.73. The number of carbonyl (C=O) groups is 2. The van der Waals surface area contributed by atoms with Gasteiger partial charge < -0.3 is 30.5 Å². The predicted molar refractivity (Wildman–Crippen MR) is 149 cm³/mol. The highest BCUT2D eigenvalue weighted by Gasteiger charge is 2.23. The van der Waals surface area contributed by atoms with Crippen LogP contribution in [0.25, 0.3) is 0 Å². The van der Waals surface area contributed by atoms with Crippen LogP contribution in [0.3, 0.4) is 0 Å². The van der Waals surface area contributed by atoms with E-state index in [0.29, 0.717) is 24.3 Å². The van der Waals surface area contributed by atoms with E-state index in [1.54, 1.807) is 13.2 Å². The van der Waals surface area contributed by atoms with E-state index in [0.717, 1.165) is 49.7 Å². The SMILES string of the molecule is CCNC(=O)Nc1ccc(N2CCN(c3ccccc3OC)CC2)c(C(=O)NCCc2ccccc2)c1. The van der Waals surface area contributed by atoms with Gasteiger partial charge in [0.2, 0.25) is 0 Å². The van der Waals surface area contributed by atoms with Crippen molar-refractivity contribution in [3.8, 4) is 5.75 Å². The molecule has 0 bridgehead atoms. The lowest BCUT2D eigenvalue weighted by Gasteiger charge is -2.38. The number of hydrogen-bond acceptors (Lipinski definition) is 5. The molecule has 194 valence electrons. The van der Waals surface area contributed by atoms with Crippen molar-refractivity contribution in [1.82, 2.24) is 10.6 Å². The van der Waals surface area contributed by atoms with Crippen molar-refractivity contribution in [3.63, 3.8) is 0 Å². The van der Waals surface area contributed by atoms with Crippen LogP contribution in [0.5, 0.6) is 5.75 Å². The minimum absolute atomic E-state index is 0.155. The zero-order valence-corrected chi connectivity index (χ0v) is 21.5. The first-order valence-electron chi connectivity index (χ1n) is 12.7. The number of carbonyl (C=O) groups excluding carboxylic acids is 2. The summed E-state index contributed by atoms with van der Waals surface area (Å²) in [7, 11) is 1.69. The fourth-order valence-corrected chi connectivity index (χ4v) is 4.55. The van der Waals surface area contributed by atoms with Crippen LogP contribution in [-0.4, -0.2) is 58.3 Å². The van der Waals surface area contributed by atoms with E-state index in [2.05, 4.69) is 43.9 Å². The zero-order valence-electron chi connectivity index (χ0n) is 21.5. The van der Waals surface area contributed by atoms with E-state index < -0.39 is 0 Å². The summed E-state index contributed by atoms with van der Waals surface area (Å²) in [6.45, 7) is 6.02. The number of piperazine rings is 1. The number of urea groups is 1.